The Hall–Kier alpha value is -2.98. The molecule has 0 aliphatic heterocycles. The van der Waals surface area contributed by atoms with Crippen LogP contribution in [0.1, 0.15) is 24.1 Å². The molecule has 0 radical (unpaired) electrons. The van der Waals surface area contributed by atoms with Gasteiger partial charge in [0.15, 0.2) is 0 Å². The first-order chi connectivity index (χ1) is 13.8. The maximum atomic E-state index is 12.2. The molecule has 1 aliphatic carbocycles. The van der Waals surface area contributed by atoms with Crippen LogP contribution in [0.2, 0.25) is 0 Å². The Balaban J connectivity index is 1.58. The fourth-order valence-electron chi connectivity index (χ4n) is 3.19. The molecule has 2 N–H and O–H groups in total. The van der Waals surface area contributed by atoms with Crippen LogP contribution in [0, 0.1) is 12.8 Å². The zero-order valence-electron chi connectivity index (χ0n) is 16.2. The molecule has 0 atom stereocenters. The van der Waals surface area contributed by atoms with Crippen LogP contribution in [0.3, 0.4) is 0 Å². The second-order valence-corrected chi connectivity index (χ2v) is 8.64. The predicted molar refractivity (Wildman–Crippen MR) is 109 cm³/mol. The largest absolute Gasteiger partial charge is 0.301 e. The number of rotatable bonds is 7. The van der Waals surface area contributed by atoms with Crippen molar-refractivity contribution in [3.63, 3.8) is 0 Å². The molecular weight excluding hydrogens is 392 g/mol. The van der Waals surface area contributed by atoms with E-state index >= 15 is 0 Å². The number of hydrogen-bond acceptors (Lipinski definition) is 5. The van der Waals surface area contributed by atoms with Crippen LogP contribution in [0.5, 0.6) is 0 Å². The standard InChI is InChI=1S/C19H22N6O3S/c1-13-16(7-8-17(26)23-29(27,28)21-12-14-5-6-14)19(24(2)22-13)25-11-9-15-4-3-10-20-18(15)25/h3-4,7-11,14,21H,5-6,12H2,1-2H3,(H,23,26). The number of fused-ring (bicyclic) bond motifs is 1. The van der Waals surface area contributed by atoms with Crippen LogP contribution in [0.4, 0.5) is 0 Å². The van der Waals surface area contributed by atoms with Gasteiger partial charge in [-0.15, -0.1) is 0 Å². The summed E-state index contributed by atoms with van der Waals surface area (Å²) in [6.45, 7) is 2.18. The molecule has 3 aromatic heterocycles. The lowest BCUT2D eigenvalue weighted by Crippen LogP contribution is -2.40. The Morgan fingerprint density at radius 2 is 2.14 bits per heavy atom. The van der Waals surface area contributed by atoms with Crippen molar-refractivity contribution in [3.8, 4) is 5.82 Å². The average Bonchev–Trinajstić information content (AvgIpc) is 3.34. The van der Waals surface area contributed by atoms with Crippen LogP contribution in [-0.4, -0.2) is 40.2 Å². The summed E-state index contributed by atoms with van der Waals surface area (Å²) in [5.41, 5.74) is 2.18. The molecule has 9 nitrogen and oxygen atoms in total. The predicted octanol–water partition coefficient (Wildman–Crippen LogP) is 1.44. The van der Waals surface area contributed by atoms with Gasteiger partial charge in [0.05, 0.1) is 5.69 Å². The van der Waals surface area contributed by atoms with Gasteiger partial charge in [-0.2, -0.15) is 18.2 Å². The first-order valence-electron chi connectivity index (χ1n) is 9.29. The number of aromatic nitrogens is 4. The van der Waals surface area contributed by atoms with E-state index in [1.165, 1.54) is 6.08 Å². The fourth-order valence-corrected chi connectivity index (χ4v) is 4.05. The van der Waals surface area contributed by atoms with Crippen LogP contribution in [0.15, 0.2) is 36.7 Å². The number of nitrogens with one attached hydrogen (secondary N) is 2. The molecule has 0 spiro atoms. The summed E-state index contributed by atoms with van der Waals surface area (Å²) in [5.74, 6) is 0.385. The SMILES string of the molecule is Cc1nn(C)c(-n2ccc3cccnc32)c1C=CC(=O)NS(=O)(=O)NCC1CC1. The van der Waals surface area contributed by atoms with Crippen molar-refractivity contribution >= 4 is 33.2 Å². The third-order valence-corrected chi connectivity index (χ3v) is 5.83. The maximum absolute atomic E-state index is 12.2. The van der Waals surface area contributed by atoms with Gasteiger partial charge >= 0.3 is 10.2 Å². The van der Waals surface area contributed by atoms with Crippen LogP contribution >= 0.6 is 0 Å². The number of carbonyl (C=O) groups is 1. The number of aryl methyl sites for hydroxylation is 2. The van der Waals surface area contributed by atoms with Crippen molar-refractivity contribution in [1.29, 1.82) is 0 Å². The molecule has 0 saturated heterocycles. The smallest absolute Gasteiger partial charge is 0.285 e. The summed E-state index contributed by atoms with van der Waals surface area (Å²) < 4.78 is 31.9. The average molecular weight is 414 g/mol. The summed E-state index contributed by atoms with van der Waals surface area (Å²) >= 11 is 0. The maximum Gasteiger partial charge on any atom is 0.301 e. The number of nitrogens with zero attached hydrogens (tertiary/aromatic N) is 4. The molecular formula is C19H22N6O3S. The van der Waals surface area contributed by atoms with E-state index in [2.05, 4.69) is 14.8 Å². The number of hydrogen-bond donors (Lipinski definition) is 2. The van der Waals surface area contributed by atoms with Gasteiger partial charge in [0.1, 0.15) is 11.5 Å². The molecule has 1 fully saturated rings. The highest BCUT2D eigenvalue weighted by Gasteiger charge is 2.24. The van der Waals surface area contributed by atoms with Gasteiger partial charge in [-0.05, 0) is 50.0 Å². The van der Waals surface area contributed by atoms with Crippen LogP contribution in [-0.2, 0) is 22.1 Å². The summed E-state index contributed by atoms with van der Waals surface area (Å²) in [5, 5.41) is 5.42. The van der Waals surface area contributed by atoms with Crippen LogP contribution < -0.4 is 9.44 Å². The summed E-state index contributed by atoms with van der Waals surface area (Å²) in [7, 11) is -2.06. The molecule has 1 aliphatic rings. The van der Waals surface area contributed by atoms with E-state index in [0.29, 0.717) is 23.7 Å². The van der Waals surface area contributed by atoms with Crippen molar-refractivity contribution < 1.29 is 13.2 Å². The minimum Gasteiger partial charge on any atom is -0.285 e. The molecule has 4 rings (SSSR count). The van der Waals surface area contributed by atoms with Gasteiger partial charge in [-0.1, -0.05) is 0 Å². The lowest BCUT2D eigenvalue weighted by molar-refractivity contribution is -0.114. The first kappa shape index (κ1) is 19.3. The van der Waals surface area contributed by atoms with Gasteiger partial charge in [-0.3, -0.25) is 14.0 Å². The van der Waals surface area contributed by atoms with Crippen molar-refractivity contribution in [2.45, 2.75) is 19.8 Å². The lowest BCUT2D eigenvalue weighted by atomic mass is 10.2. The molecule has 0 aromatic carbocycles. The minimum absolute atomic E-state index is 0.353. The van der Waals surface area contributed by atoms with E-state index in [4.69, 9.17) is 0 Å². The van der Waals surface area contributed by atoms with E-state index in [0.717, 1.165) is 29.7 Å². The summed E-state index contributed by atoms with van der Waals surface area (Å²) in [6, 6.07) is 5.78. The topological polar surface area (TPSA) is 111 Å². The molecule has 10 heteroatoms. The summed E-state index contributed by atoms with van der Waals surface area (Å²) in [4.78, 5) is 16.6. The number of pyridine rings is 1. The minimum atomic E-state index is -3.86. The van der Waals surface area contributed by atoms with E-state index in [1.807, 2.05) is 40.6 Å². The first-order valence-corrected chi connectivity index (χ1v) is 10.8. The number of amides is 1. The van der Waals surface area contributed by atoms with Gasteiger partial charge in [0.2, 0.25) is 0 Å². The monoisotopic (exact) mass is 414 g/mol. The zero-order chi connectivity index (χ0) is 20.6. The fraction of sp³-hybridized carbons (Fsp3) is 0.316. The second kappa shape index (κ2) is 7.45. The molecule has 0 unspecified atom stereocenters. The lowest BCUT2D eigenvalue weighted by Gasteiger charge is -2.07. The molecule has 1 amide bonds. The van der Waals surface area contributed by atoms with Crippen molar-refractivity contribution in [3.05, 3.63) is 47.9 Å². The van der Waals surface area contributed by atoms with Crippen molar-refractivity contribution in [1.82, 2.24) is 28.8 Å². The highest BCUT2D eigenvalue weighted by atomic mass is 32.2. The molecule has 3 aromatic rings. The van der Waals surface area contributed by atoms with Gasteiger partial charge in [0.25, 0.3) is 5.91 Å². The van der Waals surface area contributed by atoms with Gasteiger partial charge in [0, 0.05) is 43.0 Å². The Morgan fingerprint density at radius 1 is 1.34 bits per heavy atom. The quantitative estimate of drug-likeness (QED) is 0.569. The van der Waals surface area contributed by atoms with E-state index in [9.17, 15) is 13.2 Å². The molecule has 1 saturated carbocycles. The van der Waals surface area contributed by atoms with Gasteiger partial charge < -0.3 is 0 Å². The van der Waals surface area contributed by atoms with E-state index in [-0.39, 0.29) is 0 Å². The highest BCUT2D eigenvalue weighted by molar-refractivity contribution is 7.88. The molecule has 0 bridgehead atoms. The van der Waals surface area contributed by atoms with E-state index in [1.54, 1.807) is 24.0 Å². The van der Waals surface area contributed by atoms with Crippen molar-refractivity contribution in [2.75, 3.05) is 6.54 Å². The molecule has 152 valence electrons. The third kappa shape index (κ3) is 4.22. The van der Waals surface area contributed by atoms with Gasteiger partial charge in [-0.25, -0.2) is 9.71 Å². The van der Waals surface area contributed by atoms with Crippen LogP contribution in [0.25, 0.3) is 22.9 Å². The normalized spacial score (nSPS) is 14.7. The summed E-state index contributed by atoms with van der Waals surface area (Å²) in [6.07, 6.45) is 8.40. The second-order valence-electron chi connectivity index (χ2n) is 7.14. The number of carbonyl (C=O) groups excluding carboxylic acids is 1. The van der Waals surface area contributed by atoms with Crippen molar-refractivity contribution in [2.24, 2.45) is 13.0 Å². The Labute approximate surface area is 168 Å². The van der Waals surface area contributed by atoms with E-state index < -0.39 is 16.1 Å². The third-order valence-electron chi connectivity index (χ3n) is 4.81. The zero-order valence-corrected chi connectivity index (χ0v) is 17.0. The highest BCUT2D eigenvalue weighted by Crippen LogP contribution is 2.27. The Morgan fingerprint density at radius 3 is 2.90 bits per heavy atom. The Kier molecular flexibility index (Phi) is 4.97. The Bertz CT molecular complexity index is 1200. The molecule has 3 heterocycles. The molecule has 29 heavy (non-hydrogen) atoms.